The van der Waals surface area contributed by atoms with Gasteiger partial charge < -0.3 is 20.3 Å². The molecule has 1 unspecified atom stereocenters. The Kier molecular flexibility index (Phi) is 4.61. The molecule has 3 aliphatic rings. The molecule has 134 valence electrons. The quantitative estimate of drug-likeness (QED) is 0.868. The molecule has 2 fully saturated rings. The van der Waals surface area contributed by atoms with Crippen LogP contribution in [0.15, 0.2) is 18.2 Å². The van der Waals surface area contributed by atoms with Crippen molar-refractivity contribution in [2.75, 3.05) is 19.7 Å². The third-order valence-electron chi connectivity index (χ3n) is 5.45. The summed E-state index contributed by atoms with van der Waals surface area (Å²) in [6.45, 7) is 2.90. The summed E-state index contributed by atoms with van der Waals surface area (Å²) in [7, 11) is 0. The van der Waals surface area contributed by atoms with Crippen molar-refractivity contribution in [1.82, 2.24) is 15.5 Å². The van der Waals surface area contributed by atoms with Gasteiger partial charge in [-0.15, -0.1) is 0 Å². The fraction of sp³-hybridized carbons (Fsp3) is 0.579. The van der Waals surface area contributed by atoms with Crippen molar-refractivity contribution in [3.8, 4) is 5.75 Å². The molecule has 0 bridgehead atoms. The molecular weight excluding hydrogens is 318 g/mol. The molecule has 0 spiro atoms. The van der Waals surface area contributed by atoms with Gasteiger partial charge in [0.15, 0.2) is 0 Å². The van der Waals surface area contributed by atoms with Gasteiger partial charge in [-0.2, -0.15) is 0 Å². The molecule has 2 N–H and O–H groups in total. The highest BCUT2D eigenvalue weighted by atomic mass is 16.5. The van der Waals surface area contributed by atoms with Crippen LogP contribution in [0, 0.1) is 0 Å². The fourth-order valence-electron chi connectivity index (χ4n) is 3.95. The molecule has 25 heavy (non-hydrogen) atoms. The smallest absolute Gasteiger partial charge is 0.254 e. The van der Waals surface area contributed by atoms with Gasteiger partial charge in [-0.25, -0.2) is 0 Å². The fourth-order valence-corrected chi connectivity index (χ4v) is 3.95. The van der Waals surface area contributed by atoms with E-state index in [1.165, 1.54) is 12.8 Å². The molecule has 2 atom stereocenters. The van der Waals surface area contributed by atoms with E-state index in [-0.39, 0.29) is 17.9 Å². The van der Waals surface area contributed by atoms with Crippen molar-refractivity contribution in [3.05, 3.63) is 29.3 Å². The minimum Gasteiger partial charge on any atom is -0.492 e. The van der Waals surface area contributed by atoms with Crippen LogP contribution in [0.2, 0.25) is 0 Å². The third-order valence-corrected chi connectivity index (χ3v) is 5.45. The Morgan fingerprint density at radius 3 is 2.88 bits per heavy atom. The number of carbonyl (C=O) groups is 2. The van der Waals surface area contributed by atoms with Crippen LogP contribution in [0.4, 0.5) is 0 Å². The normalized spacial score (nSPS) is 26.3. The predicted molar refractivity (Wildman–Crippen MR) is 93.5 cm³/mol. The summed E-state index contributed by atoms with van der Waals surface area (Å²) >= 11 is 0. The van der Waals surface area contributed by atoms with Crippen molar-refractivity contribution >= 4 is 11.8 Å². The van der Waals surface area contributed by atoms with Gasteiger partial charge in [0.25, 0.3) is 5.91 Å². The molecule has 1 aromatic carbocycles. The molecule has 0 aliphatic carbocycles. The molecule has 4 rings (SSSR count). The van der Waals surface area contributed by atoms with Crippen LogP contribution in [0.25, 0.3) is 0 Å². The first-order valence-electron chi connectivity index (χ1n) is 9.27. The van der Waals surface area contributed by atoms with Gasteiger partial charge in [0.1, 0.15) is 12.4 Å². The summed E-state index contributed by atoms with van der Waals surface area (Å²) in [5.74, 6) is 0.974. The Morgan fingerprint density at radius 2 is 2.12 bits per heavy atom. The largest absolute Gasteiger partial charge is 0.492 e. The number of benzene rings is 1. The highest BCUT2D eigenvalue weighted by molar-refractivity contribution is 5.98. The third kappa shape index (κ3) is 3.49. The first kappa shape index (κ1) is 16.4. The van der Waals surface area contributed by atoms with Crippen molar-refractivity contribution < 1.29 is 14.3 Å². The number of fused-ring (bicyclic) bond motifs is 1. The highest BCUT2D eigenvalue weighted by Crippen LogP contribution is 2.30. The van der Waals surface area contributed by atoms with Crippen molar-refractivity contribution in [2.24, 2.45) is 0 Å². The number of rotatable bonds is 4. The average molecular weight is 343 g/mol. The first-order chi connectivity index (χ1) is 12.2. The number of amides is 2. The van der Waals surface area contributed by atoms with Crippen molar-refractivity contribution in [2.45, 2.75) is 50.7 Å². The van der Waals surface area contributed by atoms with Crippen molar-refractivity contribution in [3.63, 3.8) is 0 Å². The highest BCUT2D eigenvalue weighted by Gasteiger charge is 2.34. The number of ether oxygens (including phenoxy) is 1. The standard InChI is InChI=1S/C19H25N3O3/c23-18-7-4-15(10-21-18)22-11-13-9-16(5-6-17(13)19(22)24)25-12-14-3-1-2-8-20-14/h5-6,9,14-15,20H,1-4,7-8,10-12H2,(H,21,23)/t14-,15?/m1/s1. The first-order valence-corrected chi connectivity index (χ1v) is 9.27. The minimum absolute atomic E-state index is 0.0663. The van der Waals surface area contributed by atoms with E-state index >= 15 is 0 Å². The number of nitrogens with zero attached hydrogens (tertiary/aromatic N) is 1. The van der Waals surface area contributed by atoms with Crippen molar-refractivity contribution in [1.29, 1.82) is 0 Å². The zero-order valence-corrected chi connectivity index (χ0v) is 14.4. The van der Waals surface area contributed by atoms with E-state index in [9.17, 15) is 9.59 Å². The van der Waals surface area contributed by atoms with Gasteiger partial charge >= 0.3 is 0 Å². The van der Waals surface area contributed by atoms with Crippen LogP contribution in [0.3, 0.4) is 0 Å². The van der Waals surface area contributed by atoms with E-state index in [1.54, 1.807) is 0 Å². The lowest BCUT2D eigenvalue weighted by molar-refractivity contribution is -0.123. The topological polar surface area (TPSA) is 70.7 Å². The molecule has 2 saturated heterocycles. The van der Waals surface area contributed by atoms with E-state index < -0.39 is 0 Å². The molecule has 1 aromatic rings. The van der Waals surface area contributed by atoms with Crippen LogP contribution in [0.5, 0.6) is 5.75 Å². The zero-order chi connectivity index (χ0) is 17.2. The van der Waals surface area contributed by atoms with E-state index in [0.717, 1.165) is 36.3 Å². The summed E-state index contributed by atoms with van der Waals surface area (Å²) < 4.78 is 5.95. The molecule has 6 nitrogen and oxygen atoms in total. The van der Waals surface area contributed by atoms with Gasteiger partial charge in [0.05, 0.1) is 6.04 Å². The summed E-state index contributed by atoms with van der Waals surface area (Å²) in [5.41, 5.74) is 1.79. The number of nitrogens with one attached hydrogen (secondary N) is 2. The summed E-state index contributed by atoms with van der Waals surface area (Å²) in [5, 5.41) is 6.34. The Morgan fingerprint density at radius 1 is 1.20 bits per heavy atom. The second-order valence-corrected chi connectivity index (χ2v) is 7.21. The van der Waals surface area contributed by atoms with Crippen LogP contribution in [-0.4, -0.2) is 48.5 Å². The maximum absolute atomic E-state index is 12.7. The van der Waals surface area contributed by atoms with E-state index in [0.29, 0.717) is 32.2 Å². The summed E-state index contributed by atoms with van der Waals surface area (Å²) in [6.07, 6.45) is 4.89. The lowest BCUT2D eigenvalue weighted by Gasteiger charge is -2.31. The monoisotopic (exact) mass is 343 g/mol. The molecule has 2 amide bonds. The predicted octanol–water partition coefficient (Wildman–Crippen LogP) is 1.44. The van der Waals surface area contributed by atoms with Crippen LogP contribution < -0.4 is 15.4 Å². The number of hydrogen-bond donors (Lipinski definition) is 2. The van der Waals surface area contributed by atoms with Crippen LogP contribution in [0.1, 0.15) is 48.0 Å². The lowest BCUT2D eigenvalue weighted by Crippen LogP contribution is -2.48. The lowest BCUT2D eigenvalue weighted by atomic mass is 10.1. The maximum Gasteiger partial charge on any atom is 0.254 e. The Labute approximate surface area is 147 Å². The van der Waals surface area contributed by atoms with Gasteiger partial charge in [-0.05, 0) is 49.6 Å². The molecule has 3 aliphatic heterocycles. The van der Waals surface area contributed by atoms with Gasteiger partial charge in [0, 0.05) is 31.1 Å². The van der Waals surface area contributed by atoms with Crippen LogP contribution >= 0.6 is 0 Å². The number of carbonyl (C=O) groups excluding carboxylic acids is 2. The van der Waals surface area contributed by atoms with Gasteiger partial charge in [-0.1, -0.05) is 6.42 Å². The molecule has 6 heteroatoms. The minimum atomic E-state index is 0.0663. The second-order valence-electron chi connectivity index (χ2n) is 7.21. The molecule has 0 saturated carbocycles. The molecular formula is C19H25N3O3. The average Bonchev–Trinajstić information content (AvgIpc) is 2.98. The van der Waals surface area contributed by atoms with E-state index in [1.807, 2.05) is 23.1 Å². The summed E-state index contributed by atoms with van der Waals surface area (Å²) in [4.78, 5) is 25.9. The Balaban J connectivity index is 1.39. The zero-order valence-electron chi connectivity index (χ0n) is 14.4. The van der Waals surface area contributed by atoms with E-state index in [2.05, 4.69) is 10.6 Å². The summed E-state index contributed by atoms with van der Waals surface area (Å²) in [6, 6.07) is 6.28. The van der Waals surface area contributed by atoms with Gasteiger partial charge in [-0.3, -0.25) is 9.59 Å². The van der Waals surface area contributed by atoms with Crippen LogP contribution in [-0.2, 0) is 11.3 Å². The number of hydrogen-bond acceptors (Lipinski definition) is 4. The second kappa shape index (κ2) is 7.04. The number of piperidine rings is 2. The maximum atomic E-state index is 12.7. The Bertz CT molecular complexity index is 660. The van der Waals surface area contributed by atoms with Gasteiger partial charge in [0.2, 0.25) is 5.91 Å². The Hall–Kier alpha value is -2.08. The molecule has 0 aromatic heterocycles. The SMILES string of the molecule is O=C1CCC(N2Cc3cc(OC[C@H]4CCCCN4)ccc3C2=O)CN1. The molecule has 3 heterocycles. The van der Waals surface area contributed by atoms with E-state index in [4.69, 9.17) is 4.74 Å². The molecule has 0 radical (unpaired) electrons.